The number of hydrogen-bond acceptors (Lipinski definition) is 4. The summed E-state index contributed by atoms with van der Waals surface area (Å²) < 4.78 is 5.04. The van der Waals surface area contributed by atoms with Gasteiger partial charge in [0.25, 0.3) is 5.91 Å². The van der Waals surface area contributed by atoms with Crippen molar-refractivity contribution < 1.29 is 14.6 Å². The maximum Gasteiger partial charge on any atom is 0.251 e. The van der Waals surface area contributed by atoms with E-state index in [1.165, 1.54) is 7.11 Å². The summed E-state index contributed by atoms with van der Waals surface area (Å²) in [6.07, 6.45) is 0.519. The largest absolute Gasteiger partial charge is 0.497 e. The first kappa shape index (κ1) is 13.3. The Bertz CT molecular complexity index is 393. The van der Waals surface area contributed by atoms with Crippen LogP contribution in [0.5, 0.6) is 5.75 Å². The second-order valence-corrected chi connectivity index (χ2v) is 3.88. The average molecular weight is 238 g/mol. The molecule has 0 saturated carbocycles. The van der Waals surface area contributed by atoms with E-state index in [0.29, 0.717) is 23.4 Å². The zero-order valence-electron chi connectivity index (χ0n) is 10.1. The Labute approximate surface area is 101 Å². The molecule has 4 N–H and O–H groups in total. The fraction of sp³-hybridized carbons (Fsp3) is 0.417. The fourth-order valence-electron chi connectivity index (χ4n) is 1.44. The highest BCUT2D eigenvalue weighted by atomic mass is 16.5. The average Bonchev–Trinajstić information content (AvgIpc) is 2.28. The highest BCUT2D eigenvalue weighted by molar-refractivity contribution is 5.95. The van der Waals surface area contributed by atoms with Gasteiger partial charge in [0.1, 0.15) is 5.75 Å². The minimum atomic E-state index is -0.225. The highest BCUT2D eigenvalue weighted by Crippen LogP contribution is 2.18. The molecule has 0 spiro atoms. The van der Waals surface area contributed by atoms with Crippen molar-refractivity contribution in [1.82, 2.24) is 5.32 Å². The van der Waals surface area contributed by atoms with E-state index in [1.54, 1.807) is 18.2 Å². The van der Waals surface area contributed by atoms with Gasteiger partial charge in [-0.15, -0.1) is 0 Å². The molecule has 0 radical (unpaired) electrons. The minimum Gasteiger partial charge on any atom is -0.497 e. The number of nitrogens with two attached hydrogens (primary N) is 1. The SMILES string of the molecule is COc1cc(N)cc(C(=O)NC(C)CCO)c1. The summed E-state index contributed by atoms with van der Waals surface area (Å²) in [7, 11) is 1.52. The van der Waals surface area contributed by atoms with Crippen molar-refractivity contribution in [1.29, 1.82) is 0 Å². The fourth-order valence-corrected chi connectivity index (χ4v) is 1.44. The van der Waals surface area contributed by atoms with Gasteiger partial charge in [-0.2, -0.15) is 0 Å². The van der Waals surface area contributed by atoms with Gasteiger partial charge in [0.2, 0.25) is 0 Å². The Morgan fingerprint density at radius 3 is 2.82 bits per heavy atom. The summed E-state index contributed by atoms with van der Waals surface area (Å²) in [6.45, 7) is 1.87. The Kier molecular flexibility index (Phi) is 4.78. The first-order chi connectivity index (χ1) is 8.06. The van der Waals surface area contributed by atoms with Crippen LogP contribution in [-0.4, -0.2) is 30.8 Å². The molecule has 5 nitrogen and oxygen atoms in total. The van der Waals surface area contributed by atoms with Gasteiger partial charge in [-0.25, -0.2) is 0 Å². The molecule has 0 aliphatic heterocycles. The number of carbonyl (C=O) groups excluding carboxylic acids is 1. The molecular formula is C12H18N2O3. The normalized spacial score (nSPS) is 11.9. The molecule has 1 aromatic rings. The van der Waals surface area contributed by atoms with Crippen LogP contribution in [-0.2, 0) is 0 Å². The molecule has 1 amide bonds. The van der Waals surface area contributed by atoms with Gasteiger partial charge >= 0.3 is 0 Å². The molecular weight excluding hydrogens is 220 g/mol. The molecule has 0 aliphatic carbocycles. The lowest BCUT2D eigenvalue weighted by Gasteiger charge is -2.13. The lowest BCUT2D eigenvalue weighted by molar-refractivity contribution is 0.0934. The molecule has 5 heteroatoms. The van der Waals surface area contributed by atoms with Crippen molar-refractivity contribution in [3.8, 4) is 5.75 Å². The van der Waals surface area contributed by atoms with Gasteiger partial charge in [-0.05, 0) is 25.5 Å². The molecule has 0 bridgehead atoms. The predicted molar refractivity (Wildman–Crippen MR) is 66.0 cm³/mol. The summed E-state index contributed by atoms with van der Waals surface area (Å²) in [5.41, 5.74) is 6.59. The Balaban J connectivity index is 2.78. The summed E-state index contributed by atoms with van der Waals surface area (Å²) in [5.74, 6) is 0.321. The van der Waals surface area contributed by atoms with Crippen molar-refractivity contribution in [2.45, 2.75) is 19.4 Å². The molecule has 17 heavy (non-hydrogen) atoms. The number of aliphatic hydroxyl groups excluding tert-OH is 1. The van der Waals surface area contributed by atoms with Crippen LogP contribution in [0, 0.1) is 0 Å². The van der Waals surface area contributed by atoms with Crippen LogP contribution in [0.1, 0.15) is 23.7 Å². The number of benzene rings is 1. The first-order valence-electron chi connectivity index (χ1n) is 5.43. The topological polar surface area (TPSA) is 84.6 Å². The third-order valence-corrected chi connectivity index (χ3v) is 2.37. The molecule has 1 rings (SSSR count). The third kappa shape index (κ3) is 3.96. The molecule has 1 atom stereocenters. The van der Waals surface area contributed by atoms with E-state index in [2.05, 4.69) is 5.32 Å². The van der Waals surface area contributed by atoms with Gasteiger partial charge in [0.15, 0.2) is 0 Å². The number of nitrogen functional groups attached to an aromatic ring is 1. The van der Waals surface area contributed by atoms with Crippen molar-refractivity contribution in [3.05, 3.63) is 23.8 Å². The summed E-state index contributed by atoms with van der Waals surface area (Å²) >= 11 is 0. The minimum absolute atomic E-state index is 0.0433. The van der Waals surface area contributed by atoms with Crippen LogP contribution in [0.4, 0.5) is 5.69 Å². The smallest absolute Gasteiger partial charge is 0.251 e. The molecule has 94 valence electrons. The standard InChI is InChI=1S/C12H18N2O3/c1-8(3-4-15)14-12(16)9-5-10(13)7-11(6-9)17-2/h5-8,15H,3-4,13H2,1-2H3,(H,14,16). The second kappa shape index (κ2) is 6.10. The van der Waals surface area contributed by atoms with Crippen LogP contribution >= 0.6 is 0 Å². The van der Waals surface area contributed by atoms with Crippen LogP contribution in [0.2, 0.25) is 0 Å². The van der Waals surface area contributed by atoms with Crippen molar-refractivity contribution in [3.63, 3.8) is 0 Å². The number of ether oxygens (including phenoxy) is 1. The number of carbonyl (C=O) groups is 1. The van der Waals surface area contributed by atoms with Crippen LogP contribution < -0.4 is 15.8 Å². The Morgan fingerprint density at radius 1 is 1.53 bits per heavy atom. The Hall–Kier alpha value is -1.75. The number of rotatable bonds is 5. The predicted octanol–water partition coefficient (Wildman–Crippen LogP) is 0.778. The zero-order valence-corrected chi connectivity index (χ0v) is 10.1. The van der Waals surface area contributed by atoms with E-state index >= 15 is 0 Å². The van der Waals surface area contributed by atoms with E-state index < -0.39 is 0 Å². The number of anilines is 1. The molecule has 1 unspecified atom stereocenters. The Morgan fingerprint density at radius 2 is 2.24 bits per heavy atom. The van der Waals surface area contributed by atoms with Gasteiger partial charge in [-0.3, -0.25) is 4.79 Å². The van der Waals surface area contributed by atoms with Crippen LogP contribution in [0.25, 0.3) is 0 Å². The molecule has 0 fully saturated rings. The van der Waals surface area contributed by atoms with E-state index in [1.807, 2.05) is 6.92 Å². The number of aliphatic hydroxyl groups is 1. The van der Waals surface area contributed by atoms with E-state index in [4.69, 9.17) is 15.6 Å². The van der Waals surface area contributed by atoms with E-state index in [9.17, 15) is 4.79 Å². The number of amides is 1. The van der Waals surface area contributed by atoms with Crippen LogP contribution in [0.15, 0.2) is 18.2 Å². The molecule has 0 saturated heterocycles. The molecule has 0 aliphatic rings. The summed E-state index contributed by atoms with van der Waals surface area (Å²) in [6, 6.07) is 4.77. The maximum atomic E-state index is 11.8. The molecule has 0 heterocycles. The van der Waals surface area contributed by atoms with Crippen molar-refractivity contribution in [2.24, 2.45) is 0 Å². The summed E-state index contributed by atoms with van der Waals surface area (Å²) in [5, 5.41) is 11.5. The summed E-state index contributed by atoms with van der Waals surface area (Å²) in [4.78, 5) is 11.8. The number of methoxy groups -OCH3 is 1. The van der Waals surface area contributed by atoms with E-state index in [0.717, 1.165) is 0 Å². The van der Waals surface area contributed by atoms with Gasteiger partial charge in [-0.1, -0.05) is 0 Å². The second-order valence-electron chi connectivity index (χ2n) is 3.88. The monoisotopic (exact) mass is 238 g/mol. The molecule has 0 aromatic heterocycles. The van der Waals surface area contributed by atoms with Crippen molar-refractivity contribution in [2.75, 3.05) is 19.5 Å². The number of nitrogens with one attached hydrogen (secondary N) is 1. The lowest BCUT2D eigenvalue weighted by Crippen LogP contribution is -2.33. The first-order valence-corrected chi connectivity index (χ1v) is 5.43. The number of hydrogen-bond donors (Lipinski definition) is 3. The lowest BCUT2D eigenvalue weighted by atomic mass is 10.1. The van der Waals surface area contributed by atoms with E-state index in [-0.39, 0.29) is 18.6 Å². The van der Waals surface area contributed by atoms with Crippen LogP contribution in [0.3, 0.4) is 0 Å². The highest BCUT2D eigenvalue weighted by Gasteiger charge is 2.11. The van der Waals surface area contributed by atoms with Gasteiger partial charge < -0.3 is 20.9 Å². The molecule has 1 aromatic carbocycles. The van der Waals surface area contributed by atoms with Crippen molar-refractivity contribution >= 4 is 11.6 Å². The van der Waals surface area contributed by atoms with Gasteiger partial charge in [0, 0.05) is 30.0 Å². The quantitative estimate of drug-likeness (QED) is 0.662. The van der Waals surface area contributed by atoms with Gasteiger partial charge in [0.05, 0.1) is 7.11 Å². The maximum absolute atomic E-state index is 11.8. The third-order valence-electron chi connectivity index (χ3n) is 2.37. The zero-order chi connectivity index (χ0) is 12.8.